The lowest BCUT2D eigenvalue weighted by Gasteiger charge is -2.08. The number of hydrogen-bond acceptors (Lipinski definition) is 2. The Morgan fingerprint density at radius 3 is 2.71 bits per heavy atom. The second kappa shape index (κ2) is 5.71. The van der Waals surface area contributed by atoms with Gasteiger partial charge in [0.05, 0.1) is 6.42 Å². The molecule has 0 saturated carbocycles. The monoisotopic (exact) mass is 280 g/mol. The molecule has 0 bridgehead atoms. The van der Waals surface area contributed by atoms with Crippen LogP contribution in [0.3, 0.4) is 0 Å². The van der Waals surface area contributed by atoms with E-state index in [9.17, 15) is 9.18 Å². The van der Waals surface area contributed by atoms with E-state index in [0.29, 0.717) is 0 Å². The van der Waals surface area contributed by atoms with Gasteiger partial charge in [-0.2, -0.15) is 0 Å². The van der Waals surface area contributed by atoms with E-state index in [-0.39, 0.29) is 18.1 Å². The van der Waals surface area contributed by atoms with Gasteiger partial charge in [0.1, 0.15) is 5.82 Å². The van der Waals surface area contributed by atoms with Gasteiger partial charge in [-0.1, -0.05) is 24.3 Å². The minimum Gasteiger partial charge on any atom is -0.325 e. The lowest BCUT2D eigenvalue weighted by Crippen LogP contribution is -2.14. The third kappa shape index (κ3) is 3.05. The van der Waals surface area contributed by atoms with E-state index >= 15 is 0 Å². The average Bonchev–Trinajstić information content (AvgIpc) is 2.50. The maximum absolute atomic E-state index is 12.8. The quantitative estimate of drug-likeness (QED) is 0.797. The van der Waals surface area contributed by atoms with Gasteiger partial charge in [0.15, 0.2) is 0 Å². The maximum Gasteiger partial charge on any atom is 0.228 e. The molecule has 3 aromatic rings. The second-order valence-electron chi connectivity index (χ2n) is 4.75. The summed E-state index contributed by atoms with van der Waals surface area (Å²) in [6.07, 6.45) is 3.66. The number of aromatic nitrogens is 1. The Morgan fingerprint density at radius 2 is 1.90 bits per heavy atom. The molecule has 1 aromatic heterocycles. The van der Waals surface area contributed by atoms with Gasteiger partial charge < -0.3 is 5.32 Å². The van der Waals surface area contributed by atoms with Gasteiger partial charge in [0.25, 0.3) is 0 Å². The van der Waals surface area contributed by atoms with E-state index in [1.807, 2.05) is 24.3 Å². The molecule has 1 amide bonds. The number of anilines is 1. The van der Waals surface area contributed by atoms with E-state index in [1.54, 1.807) is 24.5 Å². The summed E-state index contributed by atoms with van der Waals surface area (Å²) in [6.45, 7) is 0. The summed E-state index contributed by atoms with van der Waals surface area (Å²) in [5.74, 6) is -0.438. The fourth-order valence-corrected chi connectivity index (χ4v) is 2.21. The van der Waals surface area contributed by atoms with Crippen molar-refractivity contribution in [3.63, 3.8) is 0 Å². The highest BCUT2D eigenvalue weighted by Crippen LogP contribution is 2.22. The van der Waals surface area contributed by atoms with Crippen molar-refractivity contribution in [2.24, 2.45) is 0 Å². The Balaban J connectivity index is 1.79. The van der Waals surface area contributed by atoms with Gasteiger partial charge in [-0.3, -0.25) is 9.78 Å². The first kappa shape index (κ1) is 13.2. The molecule has 104 valence electrons. The summed E-state index contributed by atoms with van der Waals surface area (Å²) in [6, 6.07) is 13.5. The fraction of sp³-hybridized carbons (Fsp3) is 0.0588. The highest BCUT2D eigenvalue weighted by atomic mass is 19.1. The van der Waals surface area contributed by atoms with E-state index in [4.69, 9.17) is 0 Å². The smallest absolute Gasteiger partial charge is 0.228 e. The molecule has 0 atom stereocenters. The lowest BCUT2D eigenvalue weighted by atomic mass is 10.1. The molecule has 0 saturated heterocycles. The van der Waals surface area contributed by atoms with Crippen molar-refractivity contribution >= 4 is 22.4 Å². The summed E-state index contributed by atoms with van der Waals surface area (Å²) in [4.78, 5) is 16.2. The number of pyridine rings is 1. The van der Waals surface area contributed by atoms with Crippen molar-refractivity contribution in [1.29, 1.82) is 0 Å². The molecule has 0 radical (unpaired) electrons. The maximum atomic E-state index is 12.8. The van der Waals surface area contributed by atoms with Gasteiger partial charge in [-0.25, -0.2) is 4.39 Å². The van der Waals surface area contributed by atoms with Crippen LogP contribution in [0.1, 0.15) is 5.56 Å². The Hall–Kier alpha value is -2.75. The van der Waals surface area contributed by atoms with Crippen LogP contribution < -0.4 is 5.32 Å². The summed E-state index contributed by atoms with van der Waals surface area (Å²) in [7, 11) is 0. The Morgan fingerprint density at radius 1 is 1.10 bits per heavy atom. The zero-order valence-corrected chi connectivity index (χ0v) is 11.2. The second-order valence-corrected chi connectivity index (χ2v) is 4.75. The van der Waals surface area contributed by atoms with Crippen molar-refractivity contribution in [2.45, 2.75) is 6.42 Å². The Labute approximate surface area is 121 Å². The van der Waals surface area contributed by atoms with E-state index in [0.717, 1.165) is 22.0 Å². The van der Waals surface area contributed by atoms with Crippen LogP contribution in [0.25, 0.3) is 10.8 Å². The van der Waals surface area contributed by atoms with Gasteiger partial charge >= 0.3 is 0 Å². The summed E-state index contributed by atoms with van der Waals surface area (Å²) in [5, 5.41) is 4.80. The van der Waals surface area contributed by atoms with Crippen LogP contribution in [0, 0.1) is 5.82 Å². The summed E-state index contributed by atoms with van der Waals surface area (Å²) < 4.78 is 12.8. The van der Waals surface area contributed by atoms with Crippen molar-refractivity contribution < 1.29 is 9.18 Å². The first-order valence-corrected chi connectivity index (χ1v) is 6.59. The standard InChI is InChI=1S/C17H13FN2O/c18-14-6-4-12(5-7-14)10-17(21)20-16-3-1-2-13-11-19-9-8-15(13)16/h1-9,11H,10H2,(H,20,21). The molecular weight excluding hydrogens is 267 g/mol. The first-order valence-electron chi connectivity index (χ1n) is 6.59. The summed E-state index contributed by atoms with van der Waals surface area (Å²) >= 11 is 0. The van der Waals surface area contributed by atoms with Gasteiger partial charge in [0.2, 0.25) is 5.91 Å². The van der Waals surface area contributed by atoms with Crippen molar-refractivity contribution in [3.8, 4) is 0 Å². The van der Waals surface area contributed by atoms with Crippen LogP contribution in [-0.4, -0.2) is 10.9 Å². The number of carbonyl (C=O) groups is 1. The fourth-order valence-electron chi connectivity index (χ4n) is 2.21. The van der Waals surface area contributed by atoms with E-state index < -0.39 is 0 Å². The highest BCUT2D eigenvalue weighted by molar-refractivity contribution is 6.02. The lowest BCUT2D eigenvalue weighted by molar-refractivity contribution is -0.115. The Bertz CT molecular complexity index is 779. The number of nitrogens with one attached hydrogen (secondary N) is 1. The molecule has 3 nitrogen and oxygen atoms in total. The topological polar surface area (TPSA) is 42.0 Å². The minimum atomic E-state index is -0.305. The zero-order chi connectivity index (χ0) is 14.7. The van der Waals surface area contributed by atoms with Gasteiger partial charge in [-0.05, 0) is 29.8 Å². The SMILES string of the molecule is O=C(Cc1ccc(F)cc1)Nc1cccc2cnccc12. The molecule has 4 heteroatoms. The predicted molar refractivity (Wildman–Crippen MR) is 80.5 cm³/mol. The number of benzene rings is 2. The van der Waals surface area contributed by atoms with Crippen LogP contribution in [0.2, 0.25) is 0 Å². The Kier molecular flexibility index (Phi) is 3.60. The predicted octanol–water partition coefficient (Wildman–Crippen LogP) is 3.56. The van der Waals surface area contributed by atoms with Crippen LogP contribution in [0.5, 0.6) is 0 Å². The zero-order valence-electron chi connectivity index (χ0n) is 11.2. The molecule has 1 heterocycles. The number of amides is 1. The van der Waals surface area contributed by atoms with E-state index in [1.165, 1.54) is 12.1 Å². The van der Waals surface area contributed by atoms with Crippen molar-refractivity contribution in [2.75, 3.05) is 5.32 Å². The van der Waals surface area contributed by atoms with Crippen LogP contribution in [0.15, 0.2) is 60.9 Å². The molecule has 0 aliphatic heterocycles. The van der Waals surface area contributed by atoms with Gasteiger partial charge in [0, 0.05) is 28.9 Å². The normalized spacial score (nSPS) is 10.5. The molecule has 1 N–H and O–H groups in total. The highest BCUT2D eigenvalue weighted by Gasteiger charge is 2.07. The number of carbonyl (C=O) groups excluding carboxylic acids is 1. The summed E-state index contributed by atoms with van der Waals surface area (Å²) in [5.41, 5.74) is 1.53. The molecule has 0 fully saturated rings. The number of nitrogens with zero attached hydrogens (tertiary/aromatic N) is 1. The van der Waals surface area contributed by atoms with E-state index in [2.05, 4.69) is 10.3 Å². The number of fused-ring (bicyclic) bond motifs is 1. The van der Waals surface area contributed by atoms with Gasteiger partial charge in [-0.15, -0.1) is 0 Å². The molecule has 0 aliphatic rings. The molecule has 21 heavy (non-hydrogen) atoms. The number of hydrogen-bond donors (Lipinski definition) is 1. The number of rotatable bonds is 3. The molecule has 0 spiro atoms. The molecule has 0 unspecified atom stereocenters. The van der Waals surface area contributed by atoms with Crippen molar-refractivity contribution in [3.05, 3.63) is 72.3 Å². The minimum absolute atomic E-state index is 0.133. The first-order chi connectivity index (χ1) is 10.2. The molecular formula is C17H13FN2O. The third-order valence-electron chi connectivity index (χ3n) is 3.23. The molecule has 0 aliphatic carbocycles. The van der Waals surface area contributed by atoms with Crippen LogP contribution in [0.4, 0.5) is 10.1 Å². The average molecular weight is 280 g/mol. The van der Waals surface area contributed by atoms with Crippen LogP contribution >= 0.6 is 0 Å². The van der Waals surface area contributed by atoms with Crippen molar-refractivity contribution in [1.82, 2.24) is 4.98 Å². The molecule has 3 rings (SSSR count). The third-order valence-corrected chi connectivity index (χ3v) is 3.23. The largest absolute Gasteiger partial charge is 0.325 e. The number of halogens is 1. The molecule has 2 aromatic carbocycles. The van der Waals surface area contributed by atoms with Crippen LogP contribution in [-0.2, 0) is 11.2 Å².